The highest BCUT2D eigenvalue weighted by atomic mass is 16.2. The average Bonchev–Trinajstić information content (AvgIpc) is 2.46. The topological polar surface area (TPSA) is 67.2 Å². The molecule has 0 bridgehead atoms. The molecule has 0 aromatic heterocycles. The van der Waals surface area contributed by atoms with E-state index in [1.54, 1.807) is 0 Å². The maximum absolute atomic E-state index is 10.8. The van der Waals surface area contributed by atoms with Gasteiger partial charge in [0, 0.05) is 18.3 Å². The molecule has 2 amide bonds. The summed E-state index contributed by atoms with van der Waals surface area (Å²) in [7, 11) is 0. The van der Waals surface area contributed by atoms with Gasteiger partial charge < -0.3 is 16.4 Å². The summed E-state index contributed by atoms with van der Waals surface area (Å²) in [5, 5.41) is 6.24. The number of urea groups is 1. The van der Waals surface area contributed by atoms with Gasteiger partial charge in [-0.15, -0.1) is 0 Å². The highest BCUT2D eigenvalue weighted by molar-refractivity contribution is 5.87. The highest BCUT2D eigenvalue weighted by Gasteiger charge is 2.26. The van der Waals surface area contributed by atoms with Crippen LogP contribution in [0.5, 0.6) is 0 Å². The van der Waals surface area contributed by atoms with Gasteiger partial charge in [-0.05, 0) is 42.9 Å². The van der Waals surface area contributed by atoms with Gasteiger partial charge in [0.2, 0.25) is 0 Å². The molecule has 21 heavy (non-hydrogen) atoms. The van der Waals surface area contributed by atoms with E-state index < -0.39 is 6.03 Å². The number of primary amides is 1. The summed E-state index contributed by atoms with van der Waals surface area (Å²) in [4.78, 5) is 10.8. The van der Waals surface area contributed by atoms with E-state index in [1.807, 2.05) is 24.3 Å². The Morgan fingerprint density at radius 1 is 1.24 bits per heavy atom. The summed E-state index contributed by atoms with van der Waals surface area (Å²) >= 11 is 0. The van der Waals surface area contributed by atoms with Crippen molar-refractivity contribution in [3.05, 3.63) is 29.8 Å². The van der Waals surface area contributed by atoms with Crippen LogP contribution < -0.4 is 16.4 Å². The third-order valence-electron chi connectivity index (χ3n) is 4.57. The highest BCUT2D eigenvalue weighted by Crippen LogP contribution is 2.35. The van der Waals surface area contributed by atoms with Crippen LogP contribution in [0.3, 0.4) is 0 Å². The van der Waals surface area contributed by atoms with Crippen LogP contribution in [0.4, 0.5) is 10.5 Å². The van der Waals surface area contributed by atoms with E-state index in [0.717, 1.165) is 12.2 Å². The Balaban J connectivity index is 1.87. The molecule has 0 saturated heterocycles. The van der Waals surface area contributed by atoms with E-state index in [1.165, 1.54) is 37.7 Å². The summed E-state index contributed by atoms with van der Waals surface area (Å²) in [6.45, 7) is 5.64. The van der Waals surface area contributed by atoms with Crippen molar-refractivity contribution in [1.29, 1.82) is 0 Å². The first-order chi connectivity index (χ1) is 9.98. The van der Waals surface area contributed by atoms with Gasteiger partial charge in [0.05, 0.1) is 0 Å². The normalized spacial score (nSPS) is 19.0. The van der Waals surface area contributed by atoms with E-state index >= 15 is 0 Å². The van der Waals surface area contributed by atoms with Crippen molar-refractivity contribution in [3.8, 4) is 0 Å². The monoisotopic (exact) mass is 289 g/mol. The summed E-state index contributed by atoms with van der Waals surface area (Å²) in [5.41, 5.74) is 7.51. The van der Waals surface area contributed by atoms with E-state index in [2.05, 4.69) is 24.5 Å². The van der Waals surface area contributed by atoms with Gasteiger partial charge in [-0.1, -0.05) is 38.3 Å². The lowest BCUT2D eigenvalue weighted by Gasteiger charge is -2.35. The van der Waals surface area contributed by atoms with Crippen molar-refractivity contribution < 1.29 is 4.79 Å². The summed E-state index contributed by atoms with van der Waals surface area (Å²) in [6, 6.07) is 7.63. The van der Waals surface area contributed by atoms with Crippen molar-refractivity contribution in [2.75, 3.05) is 11.9 Å². The Kier molecular flexibility index (Phi) is 5.23. The van der Waals surface area contributed by atoms with Crippen LogP contribution in [-0.2, 0) is 0 Å². The lowest BCUT2D eigenvalue weighted by molar-refractivity contribution is 0.202. The van der Waals surface area contributed by atoms with Gasteiger partial charge in [0.25, 0.3) is 0 Å². The quantitative estimate of drug-likeness (QED) is 0.772. The van der Waals surface area contributed by atoms with Crippen LogP contribution in [0, 0.1) is 5.41 Å². The van der Waals surface area contributed by atoms with E-state index in [4.69, 9.17) is 5.73 Å². The van der Waals surface area contributed by atoms with Crippen molar-refractivity contribution in [2.24, 2.45) is 11.1 Å². The van der Waals surface area contributed by atoms with E-state index in [0.29, 0.717) is 11.5 Å². The average molecular weight is 289 g/mol. The SMILES string of the molecule is CC(NCC1(C)CCCCC1)c1ccc(NC(N)=O)cc1. The minimum atomic E-state index is -0.529. The zero-order valence-corrected chi connectivity index (χ0v) is 13.1. The predicted octanol–water partition coefficient (Wildman–Crippen LogP) is 3.80. The van der Waals surface area contributed by atoms with Crippen LogP contribution in [0.1, 0.15) is 57.6 Å². The van der Waals surface area contributed by atoms with E-state index in [-0.39, 0.29) is 0 Å². The fraction of sp³-hybridized carbons (Fsp3) is 0.588. The molecule has 1 aliphatic rings. The number of nitrogens with one attached hydrogen (secondary N) is 2. The van der Waals surface area contributed by atoms with Crippen molar-refractivity contribution in [2.45, 2.75) is 52.0 Å². The van der Waals surface area contributed by atoms with Gasteiger partial charge in [-0.2, -0.15) is 0 Å². The second-order valence-corrected chi connectivity index (χ2v) is 6.59. The fourth-order valence-corrected chi connectivity index (χ4v) is 3.10. The number of rotatable bonds is 5. The third kappa shape index (κ3) is 4.74. The molecule has 0 aliphatic heterocycles. The van der Waals surface area contributed by atoms with Crippen molar-refractivity contribution >= 4 is 11.7 Å². The van der Waals surface area contributed by atoms with Gasteiger partial charge in [0.15, 0.2) is 0 Å². The summed E-state index contributed by atoms with van der Waals surface area (Å²) < 4.78 is 0. The molecule has 4 N–H and O–H groups in total. The van der Waals surface area contributed by atoms with Crippen LogP contribution in [0.2, 0.25) is 0 Å². The molecular formula is C17H27N3O. The van der Waals surface area contributed by atoms with Crippen molar-refractivity contribution in [1.82, 2.24) is 5.32 Å². The second-order valence-electron chi connectivity index (χ2n) is 6.59. The van der Waals surface area contributed by atoms with Crippen LogP contribution in [-0.4, -0.2) is 12.6 Å². The smallest absolute Gasteiger partial charge is 0.316 e. The molecule has 1 fully saturated rings. The lowest BCUT2D eigenvalue weighted by atomic mass is 9.75. The molecule has 2 rings (SSSR count). The predicted molar refractivity (Wildman–Crippen MR) is 87.3 cm³/mol. The zero-order valence-electron chi connectivity index (χ0n) is 13.1. The zero-order chi connectivity index (χ0) is 15.3. The minimum absolute atomic E-state index is 0.311. The Morgan fingerprint density at radius 2 is 1.86 bits per heavy atom. The molecule has 116 valence electrons. The summed E-state index contributed by atoms with van der Waals surface area (Å²) in [5.74, 6) is 0. The first kappa shape index (κ1) is 15.8. The molecule has 1 saturated carbocycles. The molecule has 4 heteroatoms. The molecule has 4 nitrogen and oxygen atoms in total. The number of anilines is 1. The Hall–Kier alpha value is -1.55. The molecule has 1 aromatic rings. The number of nitrogens with two attached hydrogens (primary N) is 1. The van der Waals surface area contributed by atoms with Gasteiger partial charge in [-0.3, -0.25) is 0 Å². The number of hydrogen-bond donors (Lipinski definition) is 3. The van der Waals surface area contributed by atoms with E-state index in [9.17, 15) is 4.79 Å². The minimum Gasteiger partial charge on any atom is -0.351 e. The van der Waals surface area contributed by atoms with Crippen LogP contribution >= 0.6 is 0 Å². The largest absolute Gasteiger partial charge is 0.351 e. The maximum atomic E-state index is 10.8. The number of hydrogen-bond acceptors (Lipinski definition) is 2. The summed E-state index contributed by atoms with van der Waals surface area (Å²) in [6.07, 6.45) is 6.77. The molecule has 1 aromatic carbocycles. The molecule has 1 aliphatic carbocycles. The third-order valence-corrected chi connectivity index (χ3v) is 4.57. The number of carbonyl (C=O) groups is 1. The first-order valence-corrected chi connectivity index (χ1v) is 7.88. The van der Waals surface area contributed by atoms with Gasteiger partial charge in [0.1, 0.15) is 0 Å². The van der Waals surface area contributed by atoms with Crippen LogP contribution in [0.15, 0.2) is 24.3 Å². The number of amides is 2. The molecule has 1 atom stereocenters. The molecule has 0 spiro atoms. The Bertz CT molecular complexity index is 463. The van der Waals surface area contributed by atoms with Gasteiger partial charge >= 0.3 is 6.03 Å². The first-order valence-electron chi connectivity index (χ1n) is 7.88. The van der Waals surface area contributed by atoms with Gasteiger partial charge in [-0.25, -0.2) is 4.79 Å². The number of carbonyl (C=O) groups excluding carboxylic acids is 1. The molecular weight excluding hydrogens is 262 g/mol. The maximum Gasteiger partial charge on any atom is 0.316 e. The van der Waals surface area contributed by atoms with Crippen molar-refractivity contribution in [3.63, 3.8) is 0 Å². The standard InChI is InChI=1S/C17H27N3O/c1-13(19-12-17(2)10-4-3-5-11-17)14-6-8-15(9-7-14)20-16(18)21/h6-9,13,19H,3-5,10-12H2,1-2H3,(H3,18,20,21). The molecule has 1 unspecified atom stereocenters. The number of benzene rings is 1. The fourth-order valence-electron chi connectivity index (χ4n) is 3.10. The molecule has 0 radical (unpaired) electrons. The molecule has 0 heterocycles. The lowest BCUT2D eigenvalue weighted by Crippen LogP contribution is -2.34. The second kappa shape index (κ2) is 6.94. The van der Waals surface area contributed by atoms with Crippen LogP contribution in [0.25, 0.3) is 0 Å². The Labute approximate surface area is 127 Å². The Morgan fingerprint density at radius 3 is 2.43 bits per heavy atom.